The first kappa shape index (κ1) is 17.6. The van der Waals surface area contributed by atoms with Gasteiger partial charge in [0.05, 0.1) is 12.9 Å². The van der Waals surface area contributed by atoms with Crippen LogP contribution in [0.25, 0.3) is 0 Å². The summed E-state index contributed by atoms with van der Waals surface area (Å²) in [6.07, 6.45) is 1.34. The molecule has 1 aromatic carbocycles. The minimum Gasteiger partial charge on any atom is -0.467 e. The number of methoxy groups -OCH3 is 1. The maximum Gasteiger partial charge on any atom is 0.331 e. The molecule has 0 heterocycles. The molecule has 0 saturated heterocycles. The van der Waals surface area contributed by atoms with E-state index in [0.29, 0.717) is 6.42 Å². The number of thioether (sulfide) groups is 1. The van der Waals surface area contributed by atoms with Crippen LogP contribution in [0.3, 0.4) is 0 Å². The summed E-state index contributed by atoms with van der Waals surface area (Å²) in [4.78, 5) is 24.9. The molecule has 0 aliphatic rings. The quantitative estimate of drug-likeness (QED) is 0.621. The predicted octanol–water partition coefficient (Wildman–Crippen LogP) is 2.94. The molecule has 1 rings (SSSR count). The van der Waals surface area contributed by atoms with Gasteiger partial charge in [-0.1, -0.05) is 31.0 Å². The number of amides is 1. The van der Waals surface area contributed by atoms with Crippen LogP contribution >= 0.6 is 11.8 Å². The second kappa shape index (κ2) is 8.08. The highest BCUT2D eigenvalue weighted by Gasteiger charge is 2.34. The highest BCUT2D eigenvalue weighted by Crippen LogP contribution is 2.19. The van der Waals surface area contributed by atoms with Gasteiger partial charge in [0.15, 0.2) is 0 Å². The molecule has 0 radical (unpaired) electrons. The molecule has 0 spiro atoms. The molecule has 116 valence electrons. The number of benzene rings is 1. The smallest absolute Gasteiger partial charge is 0.331 e. The van der Waals surface area contributed by atoms with E-state index in [0.717, 1.165) is 11.3 Å². The van der Waals surface area contributed by atoms with Crippen molar-refractivity contribution in [3.05, 3.63) is 29.8 Å². The number of carbonyl (C=O) groups excluding carboxylic acids is 2. The molecular weight excluding hydrogens is 286 g/mol. The first-order valence-electron chi connectivity index (χ1n) is 7.00. The van der Waals surface area contributed by atoms with Gasteiger partial charge in [-0.2, -0.15) is 0 Å². The number of esters is 1. The van der Waals surface area contributed by atoms with Crippen molar-refractivity contribution in [2.45, 2.75) is 44.0 Å². The topological polar surface area (TPSA) is 55.4 Å². The van der Waals surface area contributed by atoms with Crippen LogP contribution < -0.4 is 5.32 Å². The summed E-state index contributed by atoms with van der Waals surface area (Å²) < 4.78 is 4.78. The van der Waals surface area contributed by atoms with E-state index in [1.165, 1.54) is 24.4 Å². The standard InChI is InChI=1S/C16H23NO3S/c1-5-10-16(3,15(19)20-4)17-14(18)11-21-13-8-6-12(2)7-9-13/h6-9H,5,10-11H2,1-4H3,(H,17,18). The van der Waals surface area contributed by atoms with Crippen LogP contribution in [0.1, 0.15) is 32.3 Å². The Labute approximate surface area is 130 Å². The van der Waals surface area contributed by atoms with E-state index in [1.807, 2.05) is 38.1 Å². The maximum atomic E-state index is 12.1. The van der Waals surface area contributed by atoms with E-state index in [-0.39, 0.29) is 11.7 Å². The lowest BCUT2D eigenvalue weighted by Crippen LogP contribution is -2.53. The van der Waals surface area contributed by atoms with Crippen molar-refractivity contribution < 1.29 is 14.3 Å². The Morgan fingerprint density at radius 3 is 2.43 bits per heavy atom. The summed E-state index contributed by atoms with van der Waals surface area (Å²) in [6.45, 7) is 5.69. The van der Waals surface area contributed by atoms with Crippen LogP contribution in [0.5, 0.6) is 0 Å². The first-order chi connectivity index (χ1) is 9.91. The third kappa shape index (κ3) is 5.42. The van der Waals surface area contributed by atoms with E-state index in [2.05, 4.69) is 5.32 Å². The van der Waals surface area contributed by atoms with Gasteiger partial charge in [-0.3, -0.25) is 4.79 Å². The van der Waals surface area contributed by atoms with Gasteiger partial charge in [-0.05, 0) is 32.4 Å². The summed E-state index contributed by atoms with van der Waals surface area (Å²) in [6, 6.07) is 7.99. The fourth-order valence-electron chi connectivity index (χ4n) is 2.07. The van der Waals surface area contributed by atoms with Crippen LogP contribution in [0.4, 0.5) is 0 Å². The Balaban J connectivity index is 2.58. The number of aryl methyl sites for hydroxylation is 1. The summed E-state index contributed by atoms with van der Waals surface area (Å²) in [5, 5.41) is 2.79. The van der Waals surface area contributed by atoms with Crippen LogP contribution in [-0.2, 0) is 14.3 Å². The Hall–Kier alpha value is -1.49. The Morgan fingerprint density at radius 1 is 1.29 bits per heavy atom. The molecule has 1 aromatic rings. The summed E-state index contributed by atoms with van der Waals surface area (Å²) >= 11 is 1.45. The van der Waals surface area contributed by atoms with E-state index in [4.69, 9.17) is 4.74 Å². The van der Waals surface area contributed by atoms with Gasteiger partial charge in [0.1, 0.15) is 5.54 Å². The van der Waals surface area contributed by atoms with Gasteiger partial charge in [0, 0.05) is 4.90 Å². The Morgan fingerprint density at radius 2 is 1.90 bits per heavy atom. The number of carbonyl (C=O) groups is 2. The molecule has 4 nitrogen and oxygen atoms in total. The lowest BCUT2D eigenvalue weighted by atomic mass is 9.96. The average molecular weight is 309 g/mol. The van der Waals surface area contributed by atoms with Crippen molar-refractivity contribution in [3.63, 3.8) is 0 Å². The molecular formula is C16H23NO3S. The molecule has 0 saturated carbocycles. The number of nitrogens with one attached hydrogen (secondary N) is 1. The van der Waals surface area contributed by atoms with E-state index in [1.54, 1.807) is 6.92 Å². The van der Waals surface area contributed by atoms with Crippen LogP contribution in [0.15, 0.2) is 29.2 Å². The van der Waals surface area contributed by atoms with E-state index in [9.17, 15) is 9.59 Å². The van der Waals surface area contributed by atoms with Gasteiger partial charge in [-0.15, -0.1) is 11.8 Å². The monoisotopic (exact) mass is 309 g/mol. The van der Waals surface area contributed by atoms with Crippen molar-refractivity contribution in [2.24, 2.45) is 0 Å². The molecule has 0 aliphatic carbocycles. The second-order valence-electron chi connectivity index (χ2n) is 5.22. The highest BCUT2D eigenvalue weighted by molar-refractivity contribution is 8.00. The number of hydrogen-bond donors (Lipinski definition) is 1. The second-order valence-corrected chi connectivity index (χ2v) is 6.27. The van der Waals surface area contributed by atoms with E-state index < -0.39 is 11.5 Å². The molecule has 0 bridgehead atoms. The molecule has 0 fully saturated rings. The normalized spacial score (nSPS) is 13.3. The van der Waals surface area contributed by atoms with Crippen LogP contribution in [-0.4, -0.2) is 30.3 Å². The van der Waals surface area contributed by atoms with E-state index >= 15 is 0 Å². The zero-order chi connectivity index (χ0) is 15.9. The van der Waals surface area contributed by atoms with Crippen molar-refractivity contribution in [1.82, 2.24) is 5.32 Å². The Kier molecular flexibility index (Phi) is 6.75. The third-order valence-electron chi connectivity index (χ3n) is 3.19. The number of rotatable bonds is 7. The van der Waals surface area contributed by atoms with Crippen molar-refractivity contribution in [1.29, 1.82) is 0 Å². The van der Waals surface area contributed by atoms with Crippen LogP contribution in [0.2, 0.25) is 0 Å². The van der Waals surface area contributed by atoms with Gasteiger partial charge in [0.2, 0.25) is 5.91 Å². The van der Waals surface area contributed by atoms with Crippen molar-refractivity contribution >= 4 is 23.6 Å². The lowest BCUT2D eigenvalue weighted by Gasteiger charge is -2.27. The molecule has 21 heavy (non-hydrogen) atoms. The van der Waals surface area contributed by atoms with Gasteiger partial charge >= 0.3 is 5.97 Å². The highest BCUT2D eigenvalue weighted by atomic mass is 32.2. The fourth-order valence-corrected chi connectivity index (χ4v) is 2.77. The first-order valence-corrected chi connectivity index (χ1v) is 7.98. The number of ether oxygens (including phenoxy) is 1. The molecule has 5 heteroatoms. The molecule has 1 N–H and O–H groups in total. The average Bonchev–Trinajstić information content (AvgIpc) is 2.46. The molecule has 1 amide bonds. The molecule has 0 aromatic heterocycles. The molecule has 0 aliphatic heterocycles. The fraction of sp³-hybridized carbons (Fsp3) is 0.500. The summed E-state index contributed by atoms with van der Waals surface area (Å²) in [5.74, 6) is -0.292. The molecule has 1 unspecified atom stereocenters. The lowest BCUT2D eigenvalue weighted by molar-refractivity contribution is -0.150. The van der Waals surface area contributed by atoms with Crippen molar-refractivity contribution in [3.8, 4) is 0 Å². The minimum atomic E-state index is -0.950. The SMILES string of the molecule is CCCC(C)(NC(=O)CSc1ccc(C)cc1)C(=O)OC. The van der Waals surface area contributed by atoms with Crippen molar-refractivity contribution in [2.75, 3.05) is 12.9 Å². The number of hydrogen-bond acceptors (Lipinski definition) is 4. The third-order valence-corrected chi connectivity index (χ3v) is 4.20. The minimum absolute atomic E-state index is 0.165. The zero-order valence-electron chi connectivity index (χ0n) is 13.1. The van der Waals surface area contributed by atoms with Crippen LogP contribution in [0, 0.1) is 6.92 Å². The predicted molar refractivity (Wildman–Crippen MR) is 85.4 cm³/mol. The summed E-state index contributed by atoms with van der Waals surface area (Å²) in [7, 11) is 1.34. The van der Waals surface area contributed by atoms with Gasteiger partial charge < -0.3 is 10.1 Å². The largest absolute Gasteiger partial charge is 0.467 e. The maximum absolute atomic E-state index is 12.1. The Bertz CT molecular complexity index is 487. The van der Waals surface area contributed by atoms with Gasteiger partial charge in [0.25, 0.3) is 0 Å². The summed E-state index contributed by atoms with van der Waals surface area (Å²) in [5.41, 5.74) is 0.235. The van der Waals surface area contributed by atoms with Gasteiger partial charge in [-0.25, -0.2) is 4.79 Å². The molecule has 1 atom stereocenters. The zero-order valence-corrected chi connectivity index (χ0v) is 13.9.